The molecule has 1 aliphatic rings. The number of hydrogen-bond donors (Lipinski definition) is 1. The number of rotatable bonds is 4. The van der Waals surface area contributed by atoms with E-state index in [1.54, 1.807) is 12.1 Å². The number of allylic oxidation sites excluding steroid dienone is 2. The molecule has 1 aromatic rings. The normalized spacial score (nSPS) is 19.4. The average Bonchev–Trinajstić information content (AvgIpc) is 2.34. The Morgan fingerprint density at radius 1 is 1.56 bits per heavy atom. The Labute approximate surface area is 111 Å². The van der Waals surface area contributed by atoms with Crippen LogP contribution in [0.3, 0.4) is 0 Å². The van der Waals surface area contributed by atoms with Crippen molar-refractivity contribution in [2.45, 2.75) is 19.8 Å². The summed E-state index contributed by atoms with van der Waals surface area (Å²) in [6.07, 6.45) is 7.24. The van der Waals surface area contributed by atoms with Crippen LogP contribution in [0.2, 0.25) is 5.15 Å². The average molecular weight is 267 g/mol. The highest BCUT2D eigenvalue weighted by Gasteiger charge is 2.22. The van der Waals surface area contributed by atoms with Crippen LogP contribution in [0.1, 0.15) is 25.3 Å². The van der Waals surface area contributed by atoms with Gasteiger partial charge in [-0.25, -0.2) is 9.37 Å². The summed E-state index contributed by atoms with van der Waals surface area (Å²) in [5.41, 5.74) is 8.67. The van der Waals surface area contributed by atoms with E-state index in [1.807, 2.05) is 6.08 Å². The molecule has 96 valence electrons. The Morgan fingerprint density at radius 2 is 2.33 bits per heavy atom. The largest absolute Gasteiger partial charge is 0.330 e. The van der Waals surface area contributed by atoms with Crippen LogP contribution in [0.4, 0.5) is 4.39 Å². The summed E-state index contributed by atoms with van der Waals surface area (Å²) < 4.78 is 13.6. The van der Waals surface area contributed by atoms with Gasteiger partial charge in [0.15, 0.2) is 11.0 Å². The van der Waals surface area contributed by atoms with Gasteiger partial charge in [-0.3, -0.25) is 0 Å². The van der Waals surface area contributed by atoms with Crippen molar-refractivity contribution in [3.05, 3.63) is 46.0 Å². The highest BCUT2D eigenvalue weighted by atomic mass is 35.5. The molecule has 0 aliphatic heterocycles. The Bertz CT molecular complexity index is 509. The summed E-state index contributed by atoms with van der Waals surface area (Å²) in [7, 11) is 0. The topological polar surface area (TPSA) is 38.9 Å². The zero-order valence-corrected chi connectivity index (χ0v) is 11.0. The fourth-order valence-corrected chi connectivity index (χ4v) is 2.42. The molecule has 0 aromatic carbocycles. The molecule has 0 fully saturated rings. The maximum atomic E-state index is 13.6. The predicted molar refractivity (Wildman–Crippen MR) is 72.7 cm³/mol. The molecular formula is C14H16ClFN2. The van der Waals surface area contributed by atoms with Crippen molar-refractivity contribution in [1.82, 2.24) is 4.98 Å². The van der Waals surface area contributed by atoms with Crippen LogP contribution >= 0.6 is 11.6 Å². The number of aromatic nitrogens is 1. The molecule has 1 aliphatic carbocycles. The summed E-state index contributed by atoms with van der Waals surface area (Å²) in [6.45, 7) is 2.82. The third-order valence-electron chi connectivity index (χ3n) is 3.26. The van der Waals surface area contributed by atoms with E-state index >= 15 is 0 Å². The lowest BCUT2D eigenvalue weighted by Gasteiger charge is -2.29. The molecular weight excluding hydrogens is 251 g/mol. The number of hydrogen-bond acceptors (Lipinski definition) is 2. The summed E-state index contributed by atoms with van der Waals surface area (Å²) in [5, 5.41) is -0.0880. The number of nitrogens with two attached hydrogens (primary N) is 1. The van der Waals surface area contributed by atoms with Crippen molar-refractivity contribution in [2.75, 3.05) is 6.54 Å². The molecule has 2 rings (SSSR count). The Balaban J connectivity index is 2.21. The summed E-state index contributed by atoms with van der Waals surface area (Å²) in [4.78, 5) is 3.69. The summed E-state index contributed by atoms with van der Waals surface area (Å²) >= 11 is 5.64. The number of nitrogens with zero attached hydrogens (tertiary/aromatic N) is 1. The lowest BCUT2D eigenvalue weighted by Crippen LogP contribution is -2.16. The van der Waals surface area contributed by atoms with E-state index in [4.69, 9.17) is 17.3 Å². The maximum Gasteiger partial charge on any atom is 0.167 e. The Hall–Kier alpha value is -1.19. The molecule has 1 unspecified atom stereocenters. The molecule has 1 heterocycles. The summed E-state index contributed by atoms with van der Waals surface area (Å²) in [6, 6.07) is 1.62. The van der Waals surface area contributed by atoms with Crippen LogP contribution < -0.4 is 5.73 Å². The van der Waals surface area contributed by atoms with Crippen molar-refractivity contribution in [3.63, 3.8) is 0 Å². The highest BCUT2D eigenvalue weighted by Crippen LogP contribution is 2.37. The van der Waals surface area contributed by atoms with Crippen molar-refractivity contribution < 1.29 is 4.39 Å². The van der Waals surface area contributed by atoms with Crippen molar-refractivity contribution in [3.8, 4) is 0 Å². The van der Waals surface area contributed by atoms with E-state index in [2.05, 4.69) is 11.9 Å². The molecule has 18 heavy (non-hydrogen) atoms. The molecule has 0 amide bonds. The van der Waals surface area contributed by atoms with Gasteiger partial charge >= 0.3 is 0 Å². The first kappa shape index (κ1) is 13.2. The van der Waals surface area contributed by atoms with E-state index in [0.29, 0.717) is 18.0 Å². The minimum atomic E-state index is -0.469. The smallest absolute Gasteiger partial charge is 0.167 e. The molecule has 2 N–H and O–H groups in total. The van der Waals surface area contributed by atoms with Gasteiger partial charge in [0.25, 0.3) is 0 Å². The monoisotopic (exact) mass is 266 g/mol. The quantitative estimate of drug-likeness (QED) is 0.846. The third-order valence-corrected chi connectivity index (χ3v) is 3.52. The van der Waals surface area contributed by atoms with Crippen molar-refractivity contribution in [2.24, 2.45) is 11.7 Å². The molecule has 1 atom stereocenters. The predicted octanol–water partition coefficient (Wildman–Crippen LogP) is 3.57. The standard InChI is InChI=1S/C14H16ClFN2/c1-9-8-11(4-6-17)12(9)3-2-10-5-7-18-14(15)13(10)16/h2-3,5,7,9H,4,6,8,17H2,1H3/b3-2+. The van der Waals surface area contributed by atoms with Crippen LogP contribution in [0.25, 0.3) is 6.08 Å². The van der Waals surface area contributed by atoms with Crippen LogP contribution in [0.5, 0.6) is 0 Å². The first-order valence-corrected chi connectivity index (χ1v) is 6.41. The van der Waals surface area contributed by atoms with Gasteiger partial charge in [0.05, 0.1) is 0 Å². The molecule has 1 aromatic heterocycles. The van der Waals surface area contributed by atoms with E-state index in [-0.39, 0.29) is 5.15 Å². The second-order valence-electron chi connectivity index (χ2n) is 4.54. The molecule has 0 saturated heterocycles. The van der Waals surface area contributed by atoms with Gasteiger partial charge in [0.2, 0.25) is 0 Å². The Kier molecular flexibility index (Phi) is 4.15. The van der Waals surface area contributed by atoms with Gasteiger partial charge in [-0.1, -0.05) is 36.2 Å². The lowest BCUT2D eigenvalue weighted by atomic mass is 9.77. The highest BCUT2D eigenvalue weighted by molar-refractivity contribution is 6.29. The number of pyridine rings is 1. The van der Waals surface area contributed by atoms with Crippen LogP contribution in [-0.4, -0.2) is 11.5 Å². The fourth-order valence-electron chi connectivity index (χ4n) is 2.26. The maximum absolute atomic E-state index is 13.6. The van der Waals surface area contributed by atoms with Gasteiger partial charge in [0.1, 0.15) is 0 Å². The fraction of sp³-hybridized carbons (Fsp3) is 0.357. The molecule has 0 spiro atoms. The second-order valence-corrected chi connectivity index (χ2v) is 4.90. The molecule has 0 saturated carbocycles. The van der Waals surface area contributed by atoms with Gasteiger partial charge in [-0.2, -0.15) is 0 Å². The van der Waals surface area contributed by atoms with E-state index < -0.39 is 5.82 Å². The van der Waals surface area contributed by atoms with Crippen molar-refractivity contribution >= 4 is 17.7 Å². The SMILES string of the molecule is CC1CC(CCN)=C1/C=C/c1ccnc(Cl)c1F. The first-order valence-electron chi connectivity index (χ1n) is 6.03. The van der Waals surface area contributed by atoms with Crippen LogP contribution in [0.15, 0.2) is 29.5 Å². The van der Waals surface area contributed by atoms with Crippen molar-refractivity contribution in [1.29, 1.82) is 0 Å². The first-order chi connectivity index (χ1) is 8.63. The summed E-state index contributed by atoms with van der Waals surface area (Å²) in [5.74, 6) is 0.0616. The van der Waals surface area contributed by atoms with Gasteiger partial charge in [-0.05, 0) is 36.9 Å². The van der Waals surface area contributed by atoms with E-state index in [1.165, 1.54) is 17.3 Å². The molecule has 0 radical (unpaired) electrons. The minimum absolute atomic E-state index is 0.0880. The zero-order chi connectivity index (χ0) is 13.1. The second kappa shape index (κ2) is 5.63. The third kappa shape index (κ3) is 2.62. The molecule has 0 bridgehead atoms. The van der Waals surface area contributed by atoms with E-state index in [0.717, 1.165) is 12.8 Å². The van der Waals surface area contributed by atoms with E-state index in [9.17, 15) is 4.39 Å². The van der Waals surface area contributed by atoms with Crippen LogP contribution in [-0.2, 0) is 0 Å². The van der Waals surface area contributed by atoms with Gasteiger partial charge < -0.3 is 5.73 Å². The van der Waals surface area contributed by atoms with Crippen LogP contribution in [0, 0.1) is 11.7 Å². The molecule has 2 nitrogen and oxygen atoms in total. The van der Waals surface area contributed by atoms with Gasteiger partial charge in [0, 0.05) is 11.8 Å². The van der Waals surface area contributed by atoms with Gasteiger partial charge in [-0.15, -0.1) is 0 Å². The molecule has 4 heteroatoms. The zero-order valence-electron chi connectivity index (χ0n) is 10.3. The Morgan fingerprint density at radius 3 is 3.00 bits per heavy atom. The number of halogens is 2. The lowest BCUT2D eigenvalue weighted by molar-refractivity contribution is 0.576. The minimum Gasteiger partial charge on any atom is -0.330 e.